The first-order chi connectivity index (χ1) is 6.61. The Kier molecular flexibility index (Phi) is 3.38. The molecule has 0 aromatic rings. The minimum atomic E-state index is -1.13. The van der Waals surface area contributed by atoms with Gasteiger partial charge in [0.1, 0.15) is 6.10 Å². The molecule has 0 unspecified atom stereocenters. The van der Waals surface area contributed by atoms with Crippen molar-refractivity contribution in [1.29, 1.82) is 0 Å². The maximum Gasteiger partial charge on any atom is 0.199 e. The first-order valence-electron chi connectivity index (χ1n) is 4.32. The second-order valence-corrected chi connectivity index (χ2v) is 2.86. The Hall–Kier alpha value is -1.20. The van der Waals surface area contributed by atoms with Crippen LogP contribution in [0, 0.1) is 0 Å². The second kappa shape index (κ2) is 4.34. The number of aliphatic hydroxyl groups is 3. The molecule has 1 aliphatic rings. The summed E-state index contributed by atoms with van der Waals surface area (Å²) in [5.41, 5.74) is 0. The lowest BCUT2D eigenvalue weighted by Crippen LogP contribution is -2.31. The highest BCUT2D eigenvalue weighted by molar-refractivity contribution is 5.29. The molecule has 0 radical (unpaired) electrons. The average molecular weight is 202 g/mol. The molecule has 0 spiro atoms. The van der Waals surface area contributed by atoms with E-state index in [0.29, 0.717) is 6.61 Å². The van der Waals surface area contributed by atoms with Crippen LogP contribution in [-0.4, -0.2) is 40.7 Å². The molecule has 2 atom stereocenters. The van der Waals surface area contributed by atoms with Crippen LogP contribution >= 0.6 is 0 Å². The molecule has 1 aliphatic heterocycles. The lowest BCUT2D eigenvalue weighted by Gasteiger charge is -2.18. The quantitative estimate of drug-likeness (QED) is 0.600. The molecule has 5 heteroatoms. The largest absolute Gasteiger partial charge is 0.502 e. The van der Waals surface area contributed by atoms with Gasteiger partial charge in [0.15, 0.2) is 23.4 Å². The van der Waals surface area contributed by atoms with Gasteiger partial charge in [0.2, 0.25) is 0 Å². The summed E-state index contributed by atoms with van der Waals surface area (Å²) in [6, 6.07) is 0. The summed E-state index contributed by atoms with van der Waals surface area (Å²) in [5.74, 6) is -0.0330. The third-order valence-corrected chi connectivity index (χ3v) is 1.86. The molecule has 0 amide bonds. The van der Waals surface area contributed by atoms with Gasteiger partial charge in [-0.25, -0.2) is 0 Å². The molecular formula is C9H14O5. The van der Waals surface area contributed by atoms with Crippen LogP contribution in [0.3, 0.4) is 0 Å². The van der Waals surface area contributed by atoms with E-state index in [2.05, 4.69) is 6.58 Å². The Morgan fingerprint density at radius 2 is 2.29 bits per heavy atom. The van der Waals surface area contributed by atoms with Crippen molar-refractivity contribution in [1.82, 2.24) is 0 Å². The third-order valence-electron chi connectivity index (χ3n) is 1.86. The van der Waals surface area contributed by atoms with Gasteiger partial charge in [0.05, 0.1) is 13.2 Å². The van der Waals surface area contributed by atoms with E-state index in [1.165, 1.54) is 0 Å². The van der Waals surface area contributed by atoms with Crippen molar-refractivity contribution in [3.8, 4) is 0 Å². The molecule has 80 valence electrons. The fourth-order valence-electron chi connectivity index (χ4n) is 1.19. The number of ether oxygens (including phenoxy) is 2. The van der Waals surface area contributed by atoms with E-state index < -0.39 is 18.8 Å². The van der Waals surface area contributed by atoms with Gasteiger partial charge in [-0.1, -0.05) is 6.58 Å². The van der Waals surface area contributed by atoms with Crippen molar-refractivity contribution in [2.75, 3.05) is 13.2 Å². The molecule has 14 heavy (non-hydrogen) atoms. The summed E-state index contributed by atoms with van der Waals surface area (Å²) in [7, 11) is 0. The summed E-state index contributed by atoms with van der Waals surface area (Å²) >= 11 is 0. The highest BCUT2D eigenvalue weighted by Crippen LogP contribution is 2.30. The fourth-order valence-corrected chi connectivity index (χ4v) is 1.19. The zero-order valence-electron chi connectivity index (χ0n) is 7.93. The number of hydrogen-bond donors (Lipinski definition) is 3. The molecule has 0 aliphatic carbocycles. The van der Waals surface area contributed by atoms with E-state index in [-0.39, 0.29) is 17.3 Å². The summed E-state index contributed by atoms with van der Waals surface area (Å²) in [6.45, 7) is 5.04. The van der Waals surface area contributed by atoms with Gasteiger partial charge in [0, 0.05) is 0 Å². The standard InChI is InChI=1S/C9H14O5/c1-3-13-9-7(12)5(2)14-8(9)6(11)4-10/h6,8,10-12H,2-4H2,1H3/t6-,8+/m0/s1. The number of hydrogen-bond acceptors (Lipinski definition) is 5. The van der Waals surface area contributed by atoms with Crippen LogP contribution in [0.15, 0.2) is 23.9 Å². The Morgan fingerprint density at radius 3 is 2.79 bits per heavy atom. The van der Waals surface area contributed by atoms with E-state index in [0.717, 1.165) is 0 Å². The molecule has 1 rings (SSSR count). The smallest absolute Gasteiger partial charge is 0.199 e. The molecule has 3 N–H and O–H groups in total. The highest BCUT2D eigenvalue weighted by Gasteiger charge is 2.36. The van der Waals surface area contributed by atoms with Crippen LogP contribution < -0.4 is 0 Å². The van der Waals surface area contributed by atoms with Gasteiger partial charge in [-0.3, -0.25) is 0 Å². The molecular weight excluding hydrogens is 188 g/mol. The second-order valence-electron chi connectivity index (χ2n) is 2.86. The molecule has 0 aromatic heterocycles. The average Bonchev–Trinajstić information content (AvgIpc) is 2.45. The van der Waals surface area contributed by atoms with Gasteiger partial charge in [-0.2, -0.15) is 0 Å². The van der Waals surface area contributed by atoms with Crippen molar-refractivity contribution < 1.29 is 24.8 Å². The van der Waals surface area contributed by atoms with E-state index >= 15 is 0 Å². The lowest BCUT2D eigenvalue weighted by atomic mass is 10.2. The molecule has 0 aromatic carbocycles. The van der Waals surface area contributed by atoms with E-state index in [1.54, 1.807) is 6.92 Å². The predicted octanol–water partition coefficient (Wildman–Crippen LogP) is 0.0582. The van der Waals surface area contributed by atoms with E-state index in [4.69, 9.17) is 14.6 Å². The summed E-state index contributed by atoms with van der Waals surface area (Å²) in [4.78, 5) is 0. The minimum Gasteiger partial charge on any atom is -0.502 e. The molecule has 1 heterocycles. The van der Waals surface area contributed by atoms with Crippen LogP contribution in [0.5, 0.6) is 0 Å². The molecule has 0 fully saturated rings. The molecule has 5 nitrogen and oxygen atoms in total. The number of aliphatic hydroxyl groups excluding tert-OH is 3. The van der Waals surface area contributed by atoms with Gasteiger partial charge in [-0.15, -0.1) is 0 Å². The zero-order valence-corrected chi connectivity index (χ0v) is 7.93. The highest BCUT2D eigenvalue weighted by atomic mass is 16.6. The first kappa shape index (κ1) is 10.9. The Morgan fingerprint density at radius 1 is 1.64 bits per heavy atom. The Bertz CT molecular complexity index is 258. The van der Waals surface area contributed by atoms with Crippen molar-refractivity contribution in [2.24, 2.45) is 0 Å². The van der Waals surface area contributed by atoms with Crippen LogP contribution in [0.4, 0.5) is 0 Å². The van der Waals surface area contributed by atoms with Gasteiger partial charge < -0.3 is 24.8 Å². The van der Waals surface area contributed by atoms with Crippen molar-refractivity contribution in [3.05, 3.63) is 23.9 Å². The molecule has 0 saturated heterocycles. The maximum absolute atomic E-state index is 9.44. The summed E-state index contributed by atoms with van der Waals surface area (Å²) < 4.78 is 10.1. The maximum atomic E-state index is 9.44. The Labute approximate surface area is 81.9 Å². The molecule has 0 saturated carbocycles. The van der Waals surface area contributed by atoms with Gasteiger partial charge in [0.25, 0.3) is 0 Å². The Balaban J connectivity index is 2.84. The lowest BCUT2D eigenvalue weighted by molar-refractivity contribution is -0.0240. The zero-order chi connectivity index (χ0) is 10.7. The number of rotatable bonds is 4. The molecule has 0 bridgehead atoms. The third kappa shape index (κ3) is 1.83. The van der Waals surface area contributed by atoms with Crippen molar-refractivity contribution in [3.63, 3.8) is 0 Å². The SMILES string of the molecule is C=C1O[C@H]([C@@H](O)CO)C(OCC)=C1O. The van der Waals surface area contributed by atoms with Crippen molar-refractivity contribution in [2.45, 2.75) is 19.1 Å². The van der Waals surface area contributed by atoms with Crippen LogP contribution in [0.25, 0.3) is 0 Å². The van der Waals surface area contributed by atoms with Crippen molar-refractivity contribution >= 4 is 0 Å². The van der Waals surface area contributed by atoms with Gasteiger partial charge in [-0.05, 0) is 6.92 Å². The van der Waals surface area contributed by atoms with Crippen LogP contribution in [0.2, 0.25) is 0 Å². The predicted molar refractivity (Wildman–Crippen MR) is 48.4 cm³/mol. The summed E-state index contributed by atoms with van der Waals surface area (Å²) in [6.07, 6.45) is -2.00. The fraction of sp³-hybridized carbons (Fsp3) is 0.556. The first-order valence-corrected chi connectivity index (χ1v) is 4.32. The van der Waals surface area contributed by atoms with E-state index in [1.807, 2.05) is 0 Å². The van der Waals surface area contributed by atoms with Gasteiger partial charge >= 0.3 is 0 Å². The van der Waals surface area contributed by atoms with E-state index in [9.17, 15) is 10.2 Å². The summed E-state index contributed by atoms with van der Waals surface area (Å²) in [5, 5.41) is 27.5. The topological polar surface area (TPSA) is 79.2 Å². The van der Waals surface area contributed by atoms with Crippen LogP contribution in [0.1, 0.15) is 6.92 Å². The normalized spacial score (nSPS) is 23.6. The monoisotopic (exact) mass is 202 g/mol. The van der Waals surface area contributed by atoms with Crippen LogP contribution in [-0.2, 0) is 9.47 Å². The minimum absolute atomic E-state index is 0.0472.